The Hall–Kier alpha value is -2.47. The molecule has 3 heterocycles. The summed E-state index contributed by atoms with van der Waals surface area (Å²) in [6.45, 7) is 3.86. The normalized spacial score (nSPS) is 23.4. The second-order valence-electron chi connectivity index (χ2n) is 8.04. The number of hydrogen-bond acceptors (Lipinski definition) is 4. The Balaban J connectivity index is 1.40. The highest BCUT2D eigenvalue weighted by atomic mass is 16.3. The number of aliphatic hydroxyl groups is 1. The van der Waals surface area contributed by atoms with Crippen LogP contribution < -0.4 is 0 Å². The number of amides is 2. The van der Waals surface area contributed by atoms with Crippen LogP contribution in [0.2, 0.25) is 0 Å². The van der Waals surface area contributed by atoms with Gasteiger partial charge in [0.05, 0.1) is 11.6 Å². The average Bonchev–Trinajstić information content (AvgIpc) is 3.08. The van der Waals surface area contributed by atoms with Crippen molar-refractivity contribution in [2.24, 2.45) is 11.8 Å². The second-order valence-corrected chi connectivity index (χ2v) is 8.04. The summed E-state index contributed by atoms with van der Waals surface area (Å²) in [7, 11) is 0. The molecule has 2 amide bonds. The fourth-order valence-corrected chi connectivity index (χ4v) is 4.55. The lowest BCUT2D eigenvalue weighted by atomic mass is 9.94. The van der Waals surface area contributed by atoms with Crippen LogP contribution in [-0.2, 0) is 16.0 Å². The first-order valence-corrected chi connectivity index (χ1v) is 10.1. The van der Waals surface area contributed by atoms with E-state index in [1.807, 2.05) is 35.4 Å². The highest BCUT2D eigenvalue weighted by molar-refractivity contribution is 5.82. The Morgan fingerprint density at radius 3 is 2.61 bits per heavy atom. The van der Waals surface area contributed by atoms with Gasteiger partial charge >= 0.3 is 0 Å². The molecule has 28 heavy (non-hydrogen) atoms. The van der Waals surface area contributed by atoms with Gasteiger partial charge in [0.2, 0.25) is 11.8 Å². The molecule has 0 bridgehead atoms. The number of nitrogens with zero attached hydrogens (tertiary/aromatic N) is 3. The van der Waals surface area contributed by atoms with E-state index in [0.717, 1.165) is 17.3 Å². The molecule has 0 unspecified atom stereocenters. The minimum atomic E-state index is -0.506. The third kappa shape index (κ3) is 3.74. The number of aliphatic hydroxyl groups excluding tert-OH is 1. The van der Waals surface area contributed by atoms with Crippen molar-refractivity contribution in [1.82, 2.24) is 14.8 Å². The molecule has 2 fully saturated rings. The topological polar surface area (TPSA) is 73.7 Å². The number of likely N-dealkylation sites (tertiary alicyclic amines) is 2. The summed E-state index contributed by atoms with van der Waals surface area (Å²) in [5.74, 6) is 0.201. The zero-order valence-corrected chi connectivity index (χ0v) is 16.3. The molecule has 1 aromatic carbocycles. The van der Waals surface area contributed by atoms with Crippen molar-refractivity contribution >= 4 is 22.7 Å². The molecule has 148 valence electrons. The Labute approximate surface area is 165 Å². The lowest BCUT2D eigenvalue weighted by Crippen LogP contribution is -2.43. The van der Waals surface area contributed by atoms with E-state index in [1.165, 1.54) is 5.56 Å². The molecule has 2 saturated heterocycles. The minimum Gasteiger partial charge on any atom is -0.391 e. The van der Waals surface area contributed by atoms with Gasteiger partial charge in [-0.1, -0.05) is 18.2 Å². The number of hydrogen-bond donors (Lipinski definition) is 1. The Morgan fingerprint density at radius 2 is 1.86 bits per heavy atom. The van der Waals surface area contributed by atoms with E-state index in [0.29, 0.717) is 39.0 Å². The van der Waals surface area contributed by atoms with Gasteiger partial charge in [-0.2, -0.15) is 0 Å². The van der Waals surface area contributed by atoms with E-state index < -0.39 is 6.10 Å². The molecule has 0 aliphatic carbocycles. The zero-order chi connectivity index (χ0) is 19.7. The fraction of sp³-hybridized carbons (Fsp3) is 0.500. The Bertz CT molecular complexity index is 871. The zero-order valence-electron chi connectivity index (χ0n) is 16.3. The van der Waals surface area contributed by atoms with Crippen LogP contribution in [0.25, 0.3) is 10.9 Å². The third-order valence-corrected chi connectivity index (χ3v) is 6.23. The van der Waals surface area contributed by atoms with Gasteiger partial charge in [-0.15, -0.1) is 0 Å². The Kier molecular flexibility index (Phi) is 5.31. The van der Waals surface area contributed by atoms with Crippen LogP contribution in [0.4, 0.5) is 0 Å². The number of rotatable bonds is 3. The SMILES string of the molecule is CC(=O)N1CCC(C(=O)N2C[C@@H](Cc3ccnc4ccccc34)[C@H](O)C2)CC1. The van der Waals surface area contributed by atoms with Crippen LogP contribution in [-0.4, -0.2) is 64.0 Å². The van der Waals surface area contributed by atoms with Gasteiger partial charge in [-0.3, -0.25) is 14.6 Å². The highest BCUT2D eigenvalue weighted by Crippen LogP contribution is 2.28. The number of pyridine rings is 1. The molecular formula is C22H27N3O3. The van der Waals surface area contributed by atoms with Crippen LogP contribution in [0.1, 0.15) is 25.3 Å². The van der Waals surface area contributed by atoms with Gasteiger partial charge in [0.1, 0.15) is 0 Å². The lowest BCUT2D eigenvalue weighted by Gasteiger charge is -2.32. The van der Waals surface area contributed by atoms with Crippen LogP contribution >= 0.6 is 0 Å². The van der Waals surface area contributed by atoms with Crippen LogP contribution in [0.15, 0.2) is 36.5 Å². The molecular weight excluding hydrogens is 354 g/mol. The van der Waals surface area contributed by atoms with Crippen molar-refractivity contribution < 1.29 is 14.7 Å². The summed E-state index contributed by atoms with van der Waals surface area (Å²) in [6, 6.07) is 10.0. The first-order valence-electron chi connectivity index (χ1n) is 10.1. The maximum atomic E-state index is 12.9. The summed E-state index contributed by atoms with van der Waals surface area (Å²) in [6.07, 6.45) is 3.46. The van der Waals surface area contributed by atoms with E-state index in [2.05, 4.69) is 11.1 Å². The molecule has 6 heteroatoms. The summed E-state index contributed by atoms with van der Waals surface area (Å²) in [5.41, 5.74) is 2.12. The lowest BCUT2D eigenvalue weighted by molar-refractivity contribution is -0.139. The van der Waals surface area contributed by atoms with Crippen LogP contribution in [0.5, 0.6) is 0 Å². The van der Waals surface area contributed by atoms with Gasteiger partial charge in [0, 0.05) is 56.5 Å². The van der Waals surface area contributed by atoms with E-state index in [4.69, 9.17) is 0 Å². The summed E-state index contributed by atoms with van der Waals surface area (Å²) < 4.78 is 0. The quantitative estimate of drug-likeness (QED) is 0.881. The minimum absolute atomic E-state index is 0.0343. The first-order chi connectivity index (χ1) is 13.5. The van der Waals surface area contributed by atoms with E-state index in [9.17, 15) is 14.7 Å². The predicted molar refractivity (Wildman–Crippen MR) is 107 cm³/mol. The molecule has 2 atom stereocenters. The number of aromatic nitrogens is 1. The van der Waals surface area contributed by atoms with Gasteiger partial charge in [-0.05, 0) is 37.0 Å². The predicted octanol–water partition coefficient (Wildman–Crippen LogP) is 1.86. The fourth-order valence-electron chi connectivity index (χ4n) is 4.55. The molecule has 0 spiro atoms. The highest BCUT2D eigenvalue weighted by Gasteiger charge is 2.37. The number of fused-ring (bicyclic) bond motifs is 1. The molecule has 1 N–H and O–H groups in total. The molecule has 6 nitrogen and oxygen atoms in total. The van der Waals surface area contributed by atoms with E-state index in [-0.39, 0.29) is 23.7 Å². The molecule has 2 aliphatic heterocycles. The number of β-amino-alcohol motifs (C(OH)–C–C–N with tert-alkyl or cyclic N) is 1. The third-order valence-electron chi connectivity index (χ3n) is 6.23. The van der Waals surface area contributed by atoms with Crippen molar-refractivity contribution in [2.75, 3.05) is 26.2 Å². The number of benzene rings is 1. The van der Waals surface area contributed by atoms with E-state index >= 15 is 0 Å². The molecule has 0 radical (unpaired) electrons. The van der Waals surface area contributed by atoms with Crippen LogP contribution in [0.3, 0.4) is 0 Å². The number of piperidine rings is 1. The maximum absolute atomic E-state index is 12.9. The van der Waals surface area contributed by atoms with Crippen LogP contribution in [0, 0.1) is 11.8 Å². The van der Waals surface area contributed by atoms with Crippen molar-refractivity contribution in [3.63, 3.8) is 0 Å². The van der Waals surface area contributed by atoms with E-state index in [1.54, 1.807) is 11.8 Å². The molecule has 4 rings (SSSR count). The standard InChI is InChI=1S/C22H27N3O3/c1-15(26)24-10-7-16(8-11-24)22(28)25-13-18(21(27)14-25)12-17-6-9-23-20-5-3-2-4-19(17)20/h2-6,9,16,18,21,27H,7-8,10-14H2,1H3/t18-,21-/m1/s1. The molecule has 0 saturated carbocycles. The van der Waals surface area contributed by atoms with Gasteiger partial charge in [-0.25, -0.2) is 0 Å². The molecule has 2 aromatic rings. The van der Waals surface area contributed by atoms with Gasteiger partial charge < -0.3 is 14.9 Å². The maximum Gasteiger partial charge on any atom is 0.225 e. The molecule has 1 aromatic heterocycles. The average molecular weight is 381 g/mol. The van der Waals surface area contributed by atoms with Crippen molar-refractivity contribution in [1.29, 1.82) is 0 Å². The smallest absolute Gasteiger partial charge is 0.225 e. The Morgan fingerprint density at radius 1 is 1.11 bits per heavy atom. The first kappa shape index (κ1) is 18.9. The number of carbonyl (C=O) groups is 2. The van der Waals surface area contributed by atoms with Gasteiger partial charge in [0.15, 0.2) is 0 Å². The second kappa shape index (κ2) is 7.87. The monoisotopic (exact) mass is 381 g/mol. The summed E-state index contributed by atoms with van der Waals surface area (Å²) in [5, 5.41) is 11.7. The van der Waals surface area contributed by atoms with Gasteiger partial charge in [0.25, 0.3) is 0 Å². The van der Waals surface area contributed by atoms with Crippen molar-refractivity contribution in [3.8, 4) is 0 Å². The number of para-hydroxylation sites is 1. The number of carbonyl (C=O) groups excluding carboxylic acids is 2. The van der Waals surface area contributed by atoms with Crippen molar-refractivity contribution in [2.45, 2.75) is 32.3 Å². The largest absolute Gasteiger partial charge is 0.391 e. The summed E-state index contributed by atoms with van der Waals surface area (Å²) >= 11 is 0. The molecule has 2 aliphatic rings. The van der Waals surface area contributed by atoms with Crippen molar-refractivity contribution in [3.05, 3.63) is 42.1 Å². The summed E-state index contributed by atoms with van der Waals surface area (Å²) in [4.78, 5) is 32.4.